The quantitative estimate of drug-likeness (QED) is 0.678. The lowest BCUT2D eigenvalue weighted by atomic mass is 10.1. The van der Waals surface area contributed by atoms with Crippen molar-refractivity contribution in [2.45, 2.75) is 52.1 Å². The minimum Gasteiger partial charge on any atom is -0.481 e. The molecule has 1 atom stereocenters. The van der Waals surface area contributed by atoms with Crippen LogP contribution in [-0.2, 0) is 9.59 Å². The molecule has 0 radical (unpaired) electrons. The zero-order valence-corrected chi connectivity index (χ0v) is 10.3. The van der Waals surface area contributed by atoms with Crippen LogP contribution in [0.15, 0.2) is 0 Å². The van der Waals surface area contributed by atoms with Gasteiger partial charge in [0.25, 0.3) is 0 Å². The first-order valence-corrected chi connectivity index (χ1v) is 5.68. The van der Waals surface area contributed by atoms with Gasteiger partial charge in [-0.25, -0.2) is 0 Å². The van der Waals surface area contributed by atoms with Gasteiger partial charge in [-0.15, -0.1) is 0 Å². The number of rotatable bonds is 7. The summed E-state index contributed by atoms with van der Waals surface area (Å²) in [4.78, 5) is 23.9. The number of aliphatic carboxylic acids is 1. The van der Waals surface area contributed by atoms with Gasteiger partial charge >= 0.3 is 5.97 Å². The van der Waals surface area contributed by atoms with Crippen molar-refractivity contribution < 1.29 is 14.7 Å². The zero-order chi connectivity index (χ0) is 12.7. The van der Waals surface area contributed by atoms with Crippen LogP contribution < -0.4 is 5.73 Å². The molecular formula is C11H22N2O3. The molecule has 1 unspecified atom stereocenters. The largest absolute Gasteiger partial charge is 0.481 e. The minimum atomic E-state index is -0.900. The number of carboxylic acids is 1. The highest BCUT2D eigenvalue weighted by Crippen LogP contribution is 2.06. The van der Waals surface area contributed by atoms with E-state index in [0.29, 0.717) is 6.42 Å². The van der Waals surface area contributed by atoms with Crippen molar-refractivity contribution in [3.05, 3.63) is 0 Å². The molecule has 0 fully saturated rings. The molecule has 1 amide bonds. The predicted octanol–water partition coefficient (Wildman–Crippen LogP) is 0.826. The van der Waals surface area contributed by atoms with Gasteiger partial charge in [-0.1, -0.05) is 13.3 Å². The normalized spacial score (nSPS) is 12.6. The molecule has 0 spiro atoms. The number of nitrogens with zero attached hydrogens (tertiary/aromatic N) is 1. The van der Waals surface area contributed by atoms with Gasteiger partial charge < -0.3 is 15.7 Å². The van der Waals surface area contributed by atoms with Crippen LogP contribution in [0.2, 0.25) is 0 Å². The Morgan fingerprint density at radius 3 is 2.31 bits per heavy atom. The molecule has 5 nitrogen and oxygen atoms in total. The van der Waals surface area contributed by atoms with Crippen molar-refractivity contribution >= 4 is 11.9 Å². The third-order valence-electron chi connectivity index (χ3n) is 2.39. The van der Waals surface area contributed by atoms with Gasteiger partial charge in [0.05, 0.1) is 12.5 Å². The summed E-state index contributed by atoms with van der Waals surface area (Å²) >= 11 is 0. The van der Waals surface area contributed by atoms with Crippen LogP contribution in [0.5, 0.6) is 0 Å². The number of carbonyl (C=O) groups excluding carboxylic acids is 1. The SMILES string of the molecule is CCCC(N)C(=O)N(CCC(=O)O)C(C)C. The minimum absolute atomic E-state index is 0.0187. The first-order valence-electron chi connectivity index (χ1n) is 5.68. The highest BCUT2D eigenvalue weighted by molar-refractivity contribution is 5.82. The second-order valence-electron chi connectivity index (χ2n) is 4.16. The summed E-state index contributed by atoms with van der Waals surface area (Å²) in [6.45, 7) is 5.91. The van der Waals surface area contributed by atoms with E-state index in [4.69, 9.17) is 10.8 Å². The van der Waals surface area contributed by atoms with Crippen LogP contribution in [0.25, 0.3) is 0 Å². The second kappa shape index (κ2) is 7.22. The topological polar surface area (TPSA) is 83.6 Å². The first kappa shape index (κ1) is 14.9. The van der Waals surface area contributed by atoms with Crippen LogP contribution >= 0.6 is 0 Å². The predicted molar refractivity (Wildman–Crippen MR) is 62.0 cm³/mol. The maximum Gasteiger partial charge on any atom is 0.305 e. The standard InChI is InChI=1S/C11H22N2O3/c1-4-5-9(12)11(16)13(8(2)3)7-6-10(14)15/h8-9H,4-7,12H2,1-3H3,(H,14,15). The second-order valence-corrected chi connectivity index (χ2v) is 4.16. The zero-order valence-electron chi connectivity index (χ0n) is 10.3. The van der Waals surface area contributed by atoms with Gasteiger partial charge in [0, 0.05) is 12.6 Å². The van der Waals surface area contributed by atoms with Crippen LogP contribution in [0.1, 0.15) is 40.0 Å². The van der Waals surface area contributed by atoms with E-state index in [9.17, 15) is 9.59 Å². The van der Waals surface area contributed by atoms with E-state index in [1.165, 1.54) is 4.90 Å². The lowest BCUT2D eigenvalue weighted by Gasteiger charge is -2.28. The van der Waals surface area contributed by atoms with E-state index >= 15 is 0 Å². The summed E-state index contributed by atoms with van der Waals surface area (Å²) in [6, 6.07) is -0.532. The Labute approximate surface area is 96.6 Å². The Morgan fingerprint density at radius 1 is 1.38 bits per heavy atom. The molecule has 0 saturated carbocycles. The Kier molecular flexibility index (Phi) is 6.72. The molecule has 0 aromatic carbocycles. The number of amides is 1. The maximum absolute atomic E-state index is 11.9. The number of nitrogens with two attached hydrogens (primary N) is 1. The van der Waals surface area contributed by atoms with E-state index in [2.05, 4.69) is 0 Å². The molecule has 0 aromatic rings. The average Bonchev–Trinajstić information content (AvgIpc) is 2.17. The van der Waals surface area contributed by atoms with Gasteiger partial charge in [0.1, 0.15) is 0 Å². The number of hydrogen-bond donors (Lipinski definition) is 2. The molecule has 0 aromatic heterocycles. The fraction of sp³-hybridized carbons (Fsp3) is 0.818. The highest BCUT2D eigenvalue weighted by atomic mass is 16.4. The molecular weight excluding hydrogens is 208 g/mol. The maximum atomic E-state index is 11.9. The monoisotopic (exact) mass is 230 g/mol. The van der Waals surface area contributed by atoms with Crippen molar-refractivity contribution in [2.24, 2.45) is 5.73 Å². The van der Waals surface area contributed by atoms with Gasteiger partial charge in [0.15, 0.2) is 0 Å². The Balaban J connectivity index is 4.40. The van der Waals surface area contributed by atoms with E-state index in [-0.39, 0.29) is 24.9 Å². The highest BCUT2D eigenvalue weighted by Gasteiger charge is 2.22. The van der Waals surface area contributed by atoms with Crippen molar-refractivity contribution in [3.8, 4) is 0 Å². The molecule has 0 aliphatic heterocycles. The molecule has 0 aliphatic carbocycles. The van der Waals surface area contributed by atoms with Crippen molar-refractivity contribution in [1.82, 2.24) is 4.90 Å². The van der Waals surface area contributed by atoms with Crippen molar-refractivity contribution in [1.29, 1.82) is 0 Å². The average molecular weight is 230 g/mol. The third-order valence-corrected chi connectivity index (χ3v) is 2.39. The van der Waals surface area contributed by atoms with Crippen molar-refractivity contribution in [2.75, 3.05) is 6.54 Å². The summed E-state index contributed by atoms with van der Waals surface area (Å²) in [5.41, 5.74) is 5.73. The van der Waals surface area contributed by atoms with Gasteiger partial charge in [-0.2, -0.15) is 0 Å². The molecule has 0 saturated heterocycles. The van der Waals surface area contributed by atoms with Crippen LogP contribution in [0, 0.1) is 0 Å². The smallest absolute Gasteiger partial charge is 0.305 e. The van der Waals surface area contributed by atoms with Crippen LogP contribution in [-0.4, -0.2) is 40.5 Å². The molecule has 5 heteroatoms. The molecule has 0 bridgehead atoms. The summed E-state index contributed by atoms with van der Waals surface area (Å²) in [5.74, 6) is -1.05. The van der Waals surface area contributed by atoms with Crippen molar-refractivity contribution in [3.63, 3.8) is 0 Å². The Morgan fingerprint density at radius 2 is 1.94 bits per heavy atom. The van der Waals surface area contributed by atoms with E-state index < -0.39 is 12.0 Å². The Bertz CT molecular complexity index is 241. The summed E-state index contributed by atoms with van der Waals surface area (Å²) in [6.07, 6.45) is 1.44. The molecule has 0 heterocycles. The van der Waals surface area contributed by atoms with Gasteiger partial charge in [-0.3, -0.25) is 9.59 Å². The third kappa shape index (κ3) is 5.11. The number of carboxylic acid groups (broad SMARTS) is 1. The fourth-order valence-corrected chi connectivity index (χ4v) is 1.49. The molecule has 94 valence electrons. The summed E-state index contributed by atoms with van der Waals surface area (Å²) in [5, 5.41) is 8.60. The lowest BCUT2D eigenvalue weighted by molar-refractivity contribution is -0.139. The van der Waals surface area contributed by atoms with E-state index in [0.717, 1.165) is 6.42 Å². The molecule has 0 rings (SSSR count). The summed E-state index contributed by atoms with van der Waals surface area (Å²) in [7, 11) is 0. The van der Waals surface area contributed by atoms with Crippen LogP contribution in [0.4, 0.5) is 0 Å². The number of carbonyl (C=O) groups is 2. The molecule has 16 heavy (non-hydrogen) atoms. The van der Waals surface area contributed by atoms with Gasteiger partial charge in [-0.05, 0) is 20.3 Å². The van der Waals surface area contributed by atoms with E-state index in [1.54, 1.807) is 0 Å². The van der Waals surface area contributed by atoms with E-state index in [1.807, 2.05) is 20.8 Å². The molecule has 3 N–H and O–H groups in total. The fourth-order valence-electron chi connectivity index (χ4n) is 1.49. The number of hydrogen-bond acceptors (Lipinski definition) is 3. The summed E-state index contributed by atoms with van der Waals surface area (Å²) < 4.78 is 0. The first-order chi connectivity index (χ1) is 7.40. The lowest BCUT2D eigenvalue weighted by Crippen LogP contribution is -2.47. The van der Waals surface area contributed by atoms with Crippen LogP contribution in [0.3, 0.4) is 0 Å². The van der Waals surface area contributed by atoms with Gasteiger partial charge in [0.2, 0.25) is 5.91 Å². The molecule has 0 aliphatic rings. The Hall–Kier alpha value is -1.10.